The third kappa shape index (κ3) is 4.16. The third-order valence-corrected chi connectivity index (χ3v) is 6.23. The number of alkyl halides is 3. The van der Waals surface area contributed by atoms with Crippen molar-refractivity contribution in [1.29, 1.82) is 0 Å². The van der Waals surface area contributed by atoms with Gasteiger partial charge in [0.2, 0.25) is 11.2 Å². The molecule has 1 aliphatic rings. The van der Waals surface area contributed by atoms with Gasteiger partial charge in [0.1, 0.15) is 12.3 Å². The highest BCUT2D eigenvalue weighted by atomic mass is 35.5. The maximum atomic E-state index is 14.0. The zero-order valence-corrected chi connectivity index (χ0v) is 17.6. The molecular formula is C23H22ClF3NO3+. The van der Waals surface area contributed by atoms with Crippen LogP contribution in [0.2, 0.25) is 5.02 Å². The highest BCUT2D eigenvalue weighted by Gasteiger charge is 2.40. The van der Waals surface area contributed by atoms with Crippen LogP contribution >= 0.6 is 11.6 Å². The SMILES string of the molecule is CC1CCCC[NH+]1Cc1c(O)ccc2c(=O)c(-c3cccc(Cl)c3)c(C(F)(F)F)oc12. The normalized spacial score (nSPS) is 19.6. The van der Waals surface area contributed by atoms with Gasteiger partial charge in [-0.25, -0.2) is 0 Å². The minimum Gasteiger partial charge on any atom is -0.507 e. The van der Waals surface area contributed by atoms with Gasteiger partial charge in [0, 0.05) is 5.02 Å². The molecule has 2 N–H and O–H groups in total. The first-order valence-electron chi connectivity index (χ1n) is 10.2. The largest absolute Gasteiger partial charge is 0.507 e. The van der Waals surface area contributed by atoms with Gasteiger partial charge in [0.25, 0.3) is 0 Å². The van der Waals surface area contributed by atoms with Crippen molar-refractivity contribution in [1.82, 2.24) is 0 Å². The third-order valence-electron chi connectivity index (χ3n) is 6.00. The molecule has 31 heavy (non-hydrogen) atoms. The molecule has 2 aromatic carbocycles. The van der Waals surface area contributed by atoms with Crippen molar-refractivity contribution < 1.29 is 27.6 Å². The molecule has 2 atom stereocenters. The quantitative estimate of drug-likeness (QED) is 0.600. The predicted molar refractivity (Wildman–Crippen MR) is 112 cm³/mol. The number of nitrogens with one attached hydrogen (secondary N) is 1. The number of piperidine rings is 1. The summed E-state index contributed by atoms with van der Waals surface area (Å²) >= 11 is 5.95. The van der Waals surface area contributed by atoms with Crippen LogP contribution < -0.4 is 10.3 Å². The molecule has 1 saturated heterocycles. The van der Waals surface area contributed by atoms with Crippen LogP contribution in [-0.4, -0.2) is 17.7 Å². The Morgan fingerprint density at radius 3 is 2.68 bits per heavy atom. The maximum absolute atomic E-state index is 14.0. The van der Waals surface area contributed by atoms with E-state index in [1.807, 2.05) is 0 Å². The molecule has 4 nitrogen and oxygen atoms in total. The number of hydrogen-bond donors (Lipinski definition) is 2. The molecule has 8 heteroatoms. The summed E-state index contributed by atoms with van der Waals surface area (Å²) in [6, 6.07) is 8.63. The summed E-state index contributed by atoms with van der Waals surface area (Å²) < 4.78 is 47.3. The minimum absolute atomic E-state index is 0.000150. The van der Waals surface area contributed by atoms with Gasteiger partial charge in [-0.15, -0.1) is 0 Å². The number of likely N-dealkylation sites (tertiary alicyclic amines) is 1. The van der Waals surface area contributed by atoms with Crippen LogP contribution in [0.4, 0.5) is 13.2 Å². The van der Waals surface area contributed by atoms with Gasteiger partial charge in [0.15, 0.2) is 5.58 Å². The lowest BCUT2D eigenvalue weighted by molar-refractivity contribution is -0.941. The number of rotatable bonds is 3. The van der Waals surface area contributed by atoms with Crippen molar-refractivity contribution in [3.05, 3.63) is 63.0 Å². The van der Waals surface area contributed by atoms with E-state index in [0.29, 0.717) is 6.04 Å². The van der Waals surface area contributed by atoms with E-state index >= 15 is 0 Å². The van der Waals surface area contributed by atoms with Crippen LogP contribution in [0.3, 0.4) is 0 Å². The van der Waals surface area contributed by atoms with E-state index in [2.05, 4.69) is 6.92 Å². The van der Waals surface area contributed by atoms with Crippen LogP contribution in [0.25, 0.3) is 22.1 Å². The molecule has 4 rings (SSSR count). The Balaban J connectivity index is 1.97. The Labute approximate surface area is 181 Å². The lowest BCUT2D eigenvalue weighted by atomic mass is 9.99. The fourth-order valence-electron chi connectivity index (χ4n) is 4.32. The van der Waals surface area contributed by atoms with Crippen LogP contribution in [-0.2, 0) is 12.7 Å². The summed E-state index contributed by atoms with van der Waals surface area (Å²) in [5.41, 5.74) is -1.35. The summed E-state index contributed by atoms with van der Waals surface area (Å²) in [4.78, 5) is 14.4. The molecule has 1 fully saturated rings. The van der Waals surface area contributed by atoms with Gasteiger partial charge in [-0.05, 0) is 56.0 Å². The molecule has 0 spiro atoms. The van der Waals surface area contributed by atoms with Gasteiger partial charge < -0.3 is 14.4 Å². The minimum atomic E-state index is -4.90. The molecule has 0 aliphatic carbocycles. The van der Waals surface area contributed by atoms with Crippen molar-refractivity contribution in [2.24, 2.45) is 0 Å². The second-order valence-corrected chi connectivity index (χ2v) is 8.50. The van der Waals surface area contributed by atoms with E-state index in [1.54, 1.807) is 0 Å². The van der Waals surface area contributed by atoms with Gasteiger partial charge in [-0.3, -0.25) is 4.79 Å². The summed E-state index contributed by atoms with van der Waals surface area (Å²) in [5.74, 6) is -1.56. The average molecular weight is 453 g/mol. The van der Waals surface area contributed by atoms with Crippen LogP contribution in [0.1, 0.15) is 37.5 Å². The Hall–Kier alpha value is -2.51. The lowest BCUT2D eigenvalue weighted by Crippen LogP contribution is -3.14. The molecule has 3 aromatic rings. The zero-order chi connectivity index (χ0) is 22.3. The fraction of sp³-hybridized carbons (Fsp3) is 0.348. The van der Waals surface area contributed by atoms with Crippen molar-refractivity contribution in [2.45, 2.75) is 44.9 Å². The first-order valence-corrected chi connectivity index (χ1v) is 10.5. The summed E-state index contributed by atoms with van der Waals surface area (Å²) in [7, 11) is 0. The Bertz CT molecular complexity index is 1190. The predicted octanol–water partition coefficient (Wildman–Crippen LogP) is 4.80. The fourth-order valence-corrected chi connectivity index (χ4v) is 4.51. The van der Waals surface area contributed by atoms with E-state index < -0.39 is 22.9 Å². The van der Waals surface area contributed by atoms with E-state index in [0.717, 1.165) is 30.7 Å². The topological polar surface area (TPSA) is 54.9 Å². The Morgan fingerprint density at radius 2 is 2.00 bits per heavy atom. The molecule has 0 amide bonds. The number of benzene rings is 2. The summed E-state index contributed by atoms with van der Waals surface area (Å²) in [5, 5.41) is 10.7. The van der Waals surface area contributed by atoms with E-state index in [-0.39, 0.29) is 39.4 Å². The number of hydrogen-bond acceptors (Lipinski definition) is 3. The molecule has 2 heterocycles. The highest BCUT2D eigenvalue weighted by Crippen LogP contribution is 2.39. The number of phenolic OH excluding ortho intramolecular Hbond substituents is 1. The molecule has 0 radical (unpaired) electrons. The van der Waals surface area contributed by atoms with Gasteiger partial charge in [0.05, 0.1) is 29.1 Å². The Morgan fingerprint density at radius 1 is 1.23 bits per heavy atom. The first kappa shape index (κ1) is 21.7. The standard InChI is InChI=1S/C23H21ClF3NO3/c1-13-5-2-3-10-28(13)12-17-18(29)9-8-16-20(30)19(14-6-4-7-15(24)11-14)22(23(25,26)27)31-21(16)17/h4,6-9,11,13,29H,2-3,5,10,12H2,1H3/p+1. The Kier molecular flexibility index (Phi) is 5.75. The summed E-state index contributed by atoms with van der Waals surface area (Å²) in [6.45, 7) is 3.19. The van der Waals surface area contributed by atoms with Gasteiger partial charge in [-0.2, -0.15) is 13.2 Å². The number of quaternary nitrogens is 1. The lowest BCUT2D eigenvalue weighted by Gasteiger charge is -2.30. The van der Waals surface area contributed by atoms with E-state index in [4.69, 9.17) is 16.0 Å². The highest BCUT2D eigenvalue weighted by molar-refractivity contribution is 6.30. The second kappa shape index (κ2) is 8.20. The van der Waals surface area contributed by atoms with Crippen molar-refractivity contribution in [3.63, 3.8) is 0 Å². The van der Waals surface area contributed by atoms with Crippen molar-refractivity contribution in [3.8, 4) is 16.9 Å². The van der Waals surface area contributed by atoms with Crippen molar-refractivity contribution in [2.75, 3.05) is 6.54 Å². The van der Waals surface area contributed by atoms with E-state index in [1.165, 1.54) is 36.4 Å². The number of halogens is 4. The molecule has 2 unspecified atom stereocenters. The molecule has 1 aromatic heterocycles. The monoisotopic (exact) mass is 452 g/mol. The molecule has 0 bridgehead atoms. The van der Waals surface area contributed by atoms with Crippen LogP contribution in [0, 0.1) is 0 Å². The van der Waals surface area contributed by atoms with Gasteiger partial charge in [-0.1, -0.05) is 23.7 Å². The summed E-state index contributed by atoms with van der Waals surface area (Å²) in [6.07, 6.45) is -1.80. The van der Waals surface area contributed by atoms with Crippen LogP contribution in [0.5, 0.6) is 5.75 Å². The molecule has 0 saturated carbocycles. The van der Waals surface area contributed by atoms with Crippen molar-refractivity contribution >= 4 is 22.6 Å². The smallest absolute Gasteiger partial charge is 0.450 e. The van der Waals surface area contributed by atoms with Gasteiger partial charge >= 0.3 is 6.18 Å². The number of phenols is 1. The van der Waals surface area contributed by atoms with E-state index in [9.17, 15) is 23.1 Å². The number of aromatic hydroxyl groups is 1. The molecule has 164 valence electrons. The first-order chi connectivity index (χ1) is 14.7. The maximum Gasteiger partial charge on any atom is 0.450 e. The van der Waals surface area contributed by atoms with Crippen LogP contribution in [0.15, 0.2) is 45.6 Å². The molecular weight excluding hydrogens is 431 g/mol. The molecule has 1 aliphatic heterocycles. The second-order valence-electron chi connectivity index (χ2n) is 8.07. The average Bonchev–Trinajstić information content (AvgIpc) is 2.70. The number of fused-ring (bicyclic) bond motifs is 1. The zero-order valence-electron chi connectivity index (χ0n) is 16.9.